The number of halogens is 2. The van der Waals surface area contributed by atoms with Gasteiger partial charge in [0, 0.05) is 16.5 Å². The highest BCUT2D eigenvalue weighted by Gasteiger charge is 2.10. The second kappa shape index (κ2) is 6.61. The van der Waals surface area contributed by atoms with Crippen LogP contribution in [0.15, 0.2) is 22.7 Å². The molecule has 1 aromatic heterocycles. The fourth-order valence-electron chi connectivity index (χ4n) is 1.54. The summed E-state index contributed by atoms with van der Waals surface area (Å²) in [5.74, 6) is 0. The Balaban J connectivity index is 2.16. The molecule has 0 aliphatic heterocycles. The molecule has 0 radical (unpaired) electrons. The van der Waals surface area contributed by atoms with Crippen LogP contribution in [0.3, 0.4) is 0 Å². The van der Waals surface area contributed by atoms with Gasteiger partial charge in [0.15, 0.2) is 0 Å². The van der Waals surface area contributed by atoms with Gasteiger partial charge in [-0.25, -0.2) is 0 Å². The molecule has 0 spiro atoms. The molecular formula is C12H13BrClN3S. The van der Waals surface area contributed by atoms with Gasteiger partial charge >= 0.3 is 0 Å². The third-order valence-corrected chi connectivity index (χ3v) is 4.28. The molecular weight excluding hydrogens is 334 g/mol. The largest absolute Gasteiger partial charge is 0.320 e. The maximum Gasteiger partial charge on any atom is 0.149 e. The van der Waals surface area contributed by atoms with Gasteiger partial charge in [0.05, 0.1) is 5.02 Å². The summed E-state index contributed by atoms with van der Waals surface area (Å²) in [5.41, 5.74) is 0.934. The minimum Gasteiger partial charge on any atom is -0.320 e. The first kappa shape index (κ1) is 13.9. The molecule has 0 saturated heterocycles. The lowest BCUT2D eigenvalue weighted by atomic mass is 10.2. The zero-order valence-electron chi connectivity index (χ0n) is 9.91. The average molecular weight is 347 g/mol. The third-order valence-electron chi connectivity index (χ3n) is 2.44. The standard InChI is InChI=1S/C12H13BrClN3S/c1-15-6-2-3-11-16-17-12(18-11)9-7-8(13)4-5-10(9)14/h4-5,7,15H,2-3,6H2,1H3. The molecule has 1 heterocycles. The van der Waals surface area contributed by atoms with Gasteiger partial charge in [-0.3, -0.25) is 0 Å². The summed E-state index contributed by atoms with van der Waals surface area (Å²) in [4.78, 5) is 0. The Labute approximate surface area is 124 Å². The molecule has 0 fully saturated rings. The Bertz CT molecular complexity index is 530. The van der Waals surface area contributed by atoms with E-state index in [-0.39, 0.29) is 0 Å². The summed E-state index contributed by atoms with van der Waals surface area (Å²) in [5, 5.41) is 14.2. The number of benzene rings is 1. The quantitative estimate of drug-likeness (QED) is 0.837. The normalized spacial score (nSPS) is 10.8. The van der Waals surface area contributed by atoms with Crippen molar-refractivity contribution in [3.05, 3.63) is 32.7 Å². The number of nitrogens with one attached hydrogen (secondary N) is 1. The lowest BCUT2D eigenvalue weighted by Gasteiger charge is -1.99. The highest BCUT2D eigenvalue weighted by molar-refractivity contribution is 9.10. The lowest BCUT2D eigenvalue weighted by molar-refractivity contribution is 0.718. The molecule has 1 N–H and O–H groups in total. The first-order valence-corrected chi connectivity index (χ1v) is 7.62. The molecule has 0 aliphatic rings. The van der Waals surface area contributed by atoms with Gasteiger partial charge in [0.1, 0.15) is 10.0 Å². The molecule has 0 saturated carbocycles. The molecule has 0 bridgehead atoms. The molecule has 96 valence electrons. The maximum absolute atomic E-state index is 6.17. The number of aromatic nitrogens is 2. The van der Waals surface area contributed by atoms with Crippen LogP contribution in [-0.4, -0.2) is 23.8 Å². The zero-order valence-corrected chi connectivity index (χ0v) is 13.1. The Morgan fingerprint density at radius 1 is 1.39 bits per heavy atom. The van der Waals surface area contributed by atoms with E-state index in [4.69, 9.17) is 11.6 Å². The van der Waals surface area contributed by atoms with Crippen molar-refractivity contribution in [3.63, 3.8) is 0 Å². The SMILES string of the molecule is CNCCCc1nnc(-c2cc(Br)ccc2Cl)s1. The summed E-state index contributed by atoms with van der Waals surface area (Å²) >= 11 is 11.2. The van der Waals surface area contributed by atoms with Crippen molar-refractivity contribution < 1.29 is 0 Å². The van der Waals surface area contributed by atoms with Gasteiger partial charge in [0.25, 0.3) is 0 Å². The van der Waals surface area contributed by atoms with E-state index in [0.29, 0.717) is 5.02 Å². The second-order valence-corrected chi connectivity index (χ2v) is 6.22. The van der Waals surface area contributed by atoms with E-state index in [2.05, 4.69) is 31.4 Å². The molecule has 2 rings (SSSR count). The summed E-state index contributed by atoms with van der Waals surface area (Å²) in [6.07, 6.45) is 2.02. The molecule has 3 nitrogen and oxygen atoms in total. The Morgan fingerprint density at radius 3 is 3.00 bits per heavy atom. The summed E-state index contributed by atoms with van der Waals surface area (Å²) in [6, 6.07) is 5.75. The van der Waals surface area contributed by atoms with E-state index in [1.807, 2.05) is 25.2 Å². The van der Waals surface area contributed by atoms with Gasteiger partial charge in [-0.2, -0.15) is 0 Å². The van der Waals surface area contributed by atoms with Gasteiger partial charge in [-0.1, -0.05) is 38.9 Å². The van der Waals surface area contributed by atoms with Gasteiger partial charge in [0.2, 0.25) is 0 Å². The minimum absolute atomic E-state index is 0.705. The van der Waals surface area contributed by atoms with Crippen LogP contribution >= 0.6 is 38.9 Å². The van der Waals surface area contributed by atoms with Crippen molar-refractivity contribution in [3.8, 4) is 10.6 Å². The van der Waals surface area contributed by atoms with Crippen molar-refractivity contribution in [1.82, 2.24) is 15.5 Å². The third kappa shape index (κ3) is 3.51. The van der Waals surface area contributed by atoms with Crippen LogP contribution in [0.5, 0.6) is 0 Å². The molecule has 1 aromatic carbocycles. The Kier molecular flexibility index (Phi) is 5.12. The van der Waals surface area contributed by atoms with Crippen LogP contribution in [0.25, 0.3) is 10.6 Å². The fourth-order valence-corrected chi connectivity index (χ4v) is 3.08. The van der Waals surface area contributed by atoms with Crippen molar-refractivity contribution in [2.45, 2.75) is 12.8 Å². The molecule has 2 aromatic rings. The average Bonchev–Trinajstić information content (AvgIpc) is 2.81. The fraction of sp³-hybridized carbons (Fsp3) is 0.333. The van der Waals surface area contributed by atoms with Gasteiger partial charge in [-0.05, 0) is 38.2 Å². The van der Waals surface area contributed by atoms with E-state index in [9.17, 15) is 0 Å². The van der Waals surface area contributed by atoms with Crippen LogP contribution in [0.4, 0.5) is 0 Å². The molecule has 0 unspecified atom stereocenters. The number of rotatable bonds is 5. The van der Waals surface area contributed by atoms with Crippen LogP contribution in [0.1, 0.15) is 11.4 Å². The maximum atomic E-state index is 6.17. The summed E-state index contributed by atoms with van der Waals surface area (Å²) < 4.78 is 0.994. The molecule has 0 amide bonds. The van der Waals surface area contributed by atoms with Crippen molar-refractivity contribution in [1.29, 1.82) is 0 Å². The second-order valence-electron chi connectivity index (χ2n) is 3.83. The Hall–Kier alpha value is -0.490. The summed E-state index contributed by atoms with van der Waals surface area (Å²) in [6.45, 7) is 0.993. The molecule has 0 aliphatic carbocycles. The number of hydrogen-bond acceptors (Lipinski definition) is 4. The highest BCUT2D eigenvalue weighted by atomic mass is 79.9. The minimum atomic E-state index is 0.705. The molecule has 18 heavy (non-hydrogen) atoms. The first-order valence-electron chi connectivity index (χ1n) is 5.63. The van der Waals surface area contributed by atoms with Gasteiger partial charge in [-0.15, -0.1) is 10.2 Å². The number of aryl methyl sites for hydroxylation is 1. The predicted octanol–water partition coefficient (Wildman–Crippen LogP) is 3.77. The molecule has 0 atom stereocenters. The highest BCUT2D eigenvalue weighted by Crippen LogP contribution is 2.32. The summed E-state index contributed by atoms with van der Waals surface area (Å²) in [7, 11) is 1.95. The topological polar surface area (TPSA) is 37.8 Å². The van der Waals surface area contributed by atoms with E-state index in [1.54, 1.807) is 11.3 Å². The Morgan fingerprint density at radius 2 is 2.22 bits per heavy atom. The van der Waals surface area contributed by atoms with Gasteiger partial charge < -0.3 is 5.32 Å². The van der Waals surface area contributed by atoms with Crippen molar-refractivity contribution >= 4 is 38.9 Å². The molecule has 6 heteroatoms. The van der Waals surface area contributed by atoms with E-state index < -0.39 is 0 Å². The van der Waals surface area contributed by atoms with Crippen LogP contribution in [0.2, 0.25) is 5.02 Å². The zero-order chi connectivity index (χ0) is 13.0. The van der Waals surface area contributed by atoms with Crippen molar-refractivity contribution in [2.75, 3.05) is 13.6 Å². The number of nitrogens with zero attached hydrogens (tertiary/aromatic N) is 2. The smallest absolute Gasteiger partial charge is 0.149 e. The van der Waals surface area contributed by atoms with Crippen LogP contribution in [-0.2, 0) is 6.42 Å². The van der Waals surface area contributed by atoms with Crippen LogP contribution in [0, 0.1) is 0 Å². The van der Waals surface area contributed by atoms with Crippen molar-refractivity contribution in [2.24, 2.45) is 0 Å². The van der Waals surface area contributed by atoms with Crippen LogP contribution < -0.4 is 5.32 Å². The first-order chi connectivity index (χ1) is 8.70. The van der Waals surface area contributed by atoms with E-state index in [1.165, 1.54) is 0 Å². The number of hydrogen-bond donors (Lipinski definition) is 1. The predicted molar refractivity (Wildman–Crippen MR) is 80.3 cm³/mol. The monoisotopic (exact) mass is 345 g/mol. The van der Waals surface area contributed by atoms with E-state index >= 15 is 0 Å². The lowest BCUT2D eigenvalue weighted by Crippen LogP contribution is -2.08. The van der Waals surface area contributed by atoms with E-state index in [0.717, 1.165) is 39.4 Å².